The Morgan fingerprint density at radius 1 is 0.365 bits per heavy atom. The molecule has 0 atom stereocenters. The van der Waals surface area contributed by atoms with E-state index in [9.17, 15) is 0 Å². The van der Waals surface area contributed by atoms with Crippen molar-refractivity contribution >= 4 is 82.7 Å². The van der Waals surface area contributed by atoms with Crippen LogP contribution in [0.5, 0.6) is 0 Å². The monoisotopic (exact) mass is 666 g/mol. The first-order valence-electron chi connectivity index (χ1n) is 17.6. The van der Waals surface area contributed by atoms with E-state index in [4.69, 9.17) is 8.83 Å². The third kappa shape index (κ3) is 4.28. The van der Waals surface area contributed by atoms with Gasteiger partial charge in [0.05, 0.1) is 22.4 Å². The largest absolute Gasteiger partial charge is 0.454 e. The normalized spacial score (nSPS) is 11.8. The van der Waals surface area contributed by atoms with Gasteiger partial charge >= 0.3 is 0 Å². The maximum Gasteiger partial charge on any atom is 0.159 e. The van der Waals surface area contributed by atoms with Gasteiger partial charge in [0.25, 0.3) is 0 Å². The first-order valence-corrected chi connectivity index (χ1v) is 17.6. The van der Waals surface area contributed by atoms with Gasteiger partial charge in [0.15, 0.2) is 11.2 Å². The molecule has 0 N–H and O–H groups in total. The molecule has 0 aliphatic rings. The van der Waals surface area contributed by atoms with Gasteiger partial charge in [-0.2, -0.15) is 0 Å². The maximum absolute atomic E-state index is 6.61. The molecule has 8 aromatic carbocycles. The van der Waals surface area contributed by atoms with Crippen molar-refractivity contribution in [2.45, 2.75) is 0 Å². The number of furan rings is 2. The topological polar surface area (TPSA) is 34.5 Å². The molecule has 0 saturated heterocycles. The Morgan fingerprint density at radius 3 is 1.54 bits per heavy atom. The average Bonchev–Trinajstić information content (AvgIpc) is 3.89. The van der Waals surface area contributed by atoms with Gasteiger partial charge < -0.3 is 18.3 Å². The summed E-state index contributed by atoms with van der Waals surface area (Å²) in [5, 5.41) is 6.84. The number of nitrogens with zero attached hydrogens (tertiary/aromatic N) is 2. The summed E-state index contributed by atoms with van der Waals surface area (Å²) in [6, 6.07) is 64.2. The van der Waals surface area contributed by atoms with E-state index in [1.54, 1.807) is 0 Å². The Bertz CT molecular complexity index is 3020. The van der Waals surface area contributed by atoms with Crippen molar-refractivity contribution in [3.63, 3.8) is 0 Å². The van der Waals surface area contributed by atoms with Crippen LogP contribution in [0.15, 0.2) is 191 Å². The van der Waals surface area contributed by atoms with Gasteiger partial charge in [-0.05, 0) is 71.8 Å². The number of anilines is 3. The van der Waals surface area contributed by atoms with E-state index >= 15 is 0 Å². The van der Waals surface area contributed by atoms with E-state index in [1.807, 2.05) is 24.3 Å². The van der Waals surface area contributed by atoms with E-state index in [1.165, 1.54) is 21.8 Å². The summed E-state index contributed by atoms with van der Waals surface area (Å²) in [7, 11) is 0. The molecule has 0 saturated carbocycles. The number of rotatable bonds is 5. The number of benzene rings is 8. The highest BCUT2D eigenvalue weighted by Gasteiger charge is 2.23. The smallest absolute Gasteiger partial charge is 0.159 e. The Labute approximate surface area is 299 Å². The summed E-state index contributed by atoms with van der Waals surface area (Å²) in [5.41, 5.74) is 12.1. The van der Waals surface area contributed by atoms with Crippen LogP contribution in [-0.4, -0.2) is 4.57 Å². The second-order valence-corrected chi connectivity index (χ2v) is 13.3. The van der Waals surface area contributed by atoms with Gasteiger partial charge in [0.1, 0.15) is 11.2 Å². The molecule has 3 heterocycles. The van der Waals surface area contributed by atoms with Crippen molar-refractivity contribution in [3.8, 4) is 16.8 Å². The van der Waals surface area contributed by atoms with Gasteiger partial charge in [-0.15, -0.1) is 0 Å². The lowest BCUT2D eigenvalue weighted by molar-refractivity contribution is 0.666. The minimum absolute atomic E-state index is 0.833. The molecule has 3 aromatic heterocycles. The van der Waals surface area contributed by atoms with Crippen LogP contribution in [0.2, 0.25) is 0 Å². The number of hydrogen-bond acceptors (Lipinski definition) is 3. The highest BCUT2D eigenvalue weighted by molar-refractivity contribution is 6.14. The van der Waals surface area contributed by atoms with Crippen LogP contribution < -0.4 is 4.90 Å². The summed E-state index contributed by atoms with van der Waals surface area (Å²) in [6.07, 6.45) is 0. The summed E-state index contributed by atoms with van der Waals surface area (Å²) in [4.78, 5) is 2.27. The van der Waals surface area contributed by atoms with Crippen LogP contribution in [0, 0.1) is 0 Å². The molecule has 0 unspecified atom stereocenters. The lowest BCUT2D eigenvalue weighted by Crippen LogP contribution is -2.10. The zero-order valence-electron chi connectivity index (χ0n) is 28.0. The van der Waals surface area contributed by atoms with Gasteiger partial charge in [0.2, 0.25) is 0 Å². The number of hydrogen-bond donors (Lipinski definition) is 0. The van der Waals surface area contributed by atoms with Crippen LogP contribution in [-0.2, 0) is 0 Å². The van der Waals surface area contributed by atoms with Crippen molar-refractivity contribution in [3.05, 3.63) is 182 Å². The van der Waals surface area contributed by atoms with Crippen LogP contribution in [0.4, 0.5) is 17.1 Å². The van der Waals surface area contributed by atoms with Gasteiger partial charge in [-0.3, -0.25) is 0 Å². The summed E-state index contributed by atoms with van der Waals surface area (Å²) < 4.78 is 15.6. The summed E-state index contributed by atoms with van der Waals surface area (Å²) >= 11 is 0. The highest BCUT2D eigenvalue weighted by atomic mass is 16.3. The standard InChI is InChI=1S/C48H30N2O2/c1-2-12-33(13-3-1)49-41-19-7-4-14-35(41)36-29-26-32(30-44(36)49)31-24-27-34(28-25-31)50(42-20-10-17-39-37-15-5-8-22-45(37)51-47(39)42)43-21-11-18-40-38-16-6-9-23-46(38)52-48(40)43/h1-30H. The molecule has 11 rings (SSSR count). The van der Waals surface area contributed by atoms with Crippen LogP contribution in [0.1, 0.15) is 0 Å². The van der Waals surface area contributed by atoms with Crippen molar-refractivity contribution in [1.29, 1.82) is 0 Å². The SMILES string of the molecule is c1ccc(-n2c3ccccc3c3ccc(-c4ccc(N(c5cccc6c5oc5ccccc56)c5cccc6c5oc5ccccc56)cc4)cc32)cc1. The molecule has 0 amide bonds. The lowest BCUT2D eigenvalue weighted by atomic mass is 10.0. The van der Waals surface area contributed by atoms with Crippen LogP contribution in [0.25, 0.3) is 82.5 Å². The van der Waals surface area contributed by atoms with Gasteiger partial charge in [0, 0.05) is 43.7 Å². The number of fused-ring (bicyclic) bond motifs is 9. The highest BCUT2D eigenvalue weighted by Crippen LogP contribution is 2.46. The third-order valence-corrected chi connectivity index (χ3v) is 10.4. The molecule has 244 valence electrons. The zero-order chi connectivity index (χ0) is 34.2. The molecule has 0 aliphatic heterocycles. The second-order valence-electron chi connectivity index (χ2n) is 13.3. The molecule has 4 nitrogen and oxygen atoms in total. The van der Waals surface area contributed by atoms with Crippen molar-refractivity contribution < 1.29 is 8.83 Å². The molecule has 0 radical (unpaired) electrons. The fourth-order valence-electron chi connectivity index (χ4n) is 8.03. The Morgan fingerprint density at radius 2 is 0.885 bits per heavy atom. The molecular weight excluding hydrogens is 637 g/mol. The summed E-state index contributed by atoms with van der Waals surface area (Å²) in [6.45, 7) is 0. The quantitative estimate of drug-likeness (QED) is 0.183. The van der Waals surface area contributed by atoms with E-state index in [2.05, 4.69) is 167 Å². The lowest BCUT2D eigenvalue weighted by Gasteiger charge is -2.25. The van der Waals surface area contributed by atoms with Crippen molar-refractivity contribution in [2.24, 2.45) is 0 Å². The van der Waals surface area contributed by atoms with E-state index in [0.717, 1.165) is 77.8 Å². The first-order chi connectivity index (χ1) is 25.8. The second kappa shape index (κ2) is 11.2. The minimum Gasteiger partial charge on any atom is -0.454 e. The fourth-order valence-corrected chi connectivity index (χ4v) is 8.03. The van der Waals surface area contributed by atoms with Crippen molar-refractivity contribution in [2.75, 3.05) is 4.90 Å². The number of aromatic nitrogens is 1. The predicted molar refractivity (Wildman–Crippen MR) is 215 cm³/mol. The molecule has 52 heavy (non-hydrogen) atoms. The molecule has 0 spiro atoms. The Kier molecular flexibility index (Phi) is 6.22. The molecule has 11 aromatic rings. The Hall–Kier alpha value is -7.04. The van der Waals surface area contributed by atoms with E-state index in [-0.39, 0.29) is 0 Å². The fraction of sp³-hybridized carbons (Fsp3) is 0. The predicted octanol–water partition coefficient (Wildman–Crippen LogP) is 13.7. The number of para-hydroxylation sites is 6. The zero-order valence-corrected chi connectivity index (χ0v) is 28.0. The molecular formula is C48H30N2O2. The minimum atomic E-state index is 0.833. The third-order valence-electron chi connectivity index (χ3n) is 10.4. The van der Waals surface area contributed by atoms with Gasteiger partial charge in [-0.25, -0.2) is 0 Å². The van der Waals surface area contributed by atoms with E-state index in [0.29, 0.717) is 0 Å². The maximum atomic E-state index is 6.61. The van der Waals surface area contributed by atoms with Gasteiger partial charge in [-0.1, -0.05) is 121 Å². The molecule has 0 fully saturated rings. The molecule has 0 bridgehead atoms. The Balaban J connectivity index is 1.10. The van der Waals surface area contributed by atoms with Crippen LogP contribution >= 0.6 is 0 Å². The average molecular weight is 667 g/mol. The molecule has 4 heteroatoms. The first kappa shape index (κ1) is 28.8. The summed E-state index contributed by atoms with van der Waals surface area (Å²) in [5.74, 6) is 0. The van der Waals surface area contributed by atoms with Crippen LogP contribution in [0.3, 0.4) is 0 Å². The molecule has 0 aliphatic carbocycles. The van der Waals surface area contributed by atoms with E-state index < -0.39 is 0 Å². The van der Waals surface area contributed by atoms with Crippen molar-refractivity contribution in [1.82, 2.24) is 4.57 Å².